The first kappa shape index (κ1) is 8.97. The predicted octanol–water partition coefficient (Wildman–Crippen LogP) is 2.99. The Morgan fingerprint density at radius 2 is 2.00 bits per heavy atom. The molecule has 0 spiro atoms. The van der Waals surface area contributed by atoms with Crippen molar-refractivity contribution in [3.63, 3.8) is 0 Å². The number of aromatic amines is 1. The smallest absolute Gasteiger partial charge is 0.224 e. The third-order valence-corrected chi connectivity index (χ3v) is 2.96. The van der Waals surface area contributed by atoms with Crippen LogP contribution in [0.2, 0.25) is 5.28 Å². The number of nitrogens with zero attached hydrogens (tertiary/aromatic N) is 2. The zero-order valence-electron chi connectivity index (χ0n) is 7.15. The van der Waals surface area contributed by atoms with Crippen LogP contribution >= 0.6 is 27.5 Å². The van der Waals surface area contributed by atoms with Crippen LogP contribution in [0.15, 0.2) is 4.60 Å². The van der Waals surface area contributed by atoms with E-state index >= 15 is 0 Å². The summed E-state index contributed by atoms with van der Waals surface area (Å²) in [6.07, 6.45) is 0. The molecule has 0 aliphatic heterocycles. The molecule has 68 valence electrons. The van der Waals surface area contributed by atoms with Gasteiger partial charge in [0, 0.05) is 5.39 Å². The van der Waals surface area contributed by atoms with E-state index in [1.807, 2.05) is 13.8 Å². The summed E-state index contributed by atoms with van der Waals surface area (Å²) < 4.78 is 0.933. The highest BCUT2D eigenvalue weighted by molar-refractivity contribution is 9.10. The molecule has 0 radical (unpaired) electrons. The predicted molar refractivity (Wildman–Crippen MR) is 56.1 cm³/mol. The van der Waals surface area contributed by atoms with Crippen LogP contribution in [0.4, 0.5) is 0 Å². The summed E-state index contributed by atoms with van der Waals surface area (Å²) in [4.78, 5) is 11.3. The minimum absolute atomic E-state index is 0.277. The summed E-state index contributed by atoms with van der Waals surface area (Å²) in [7, 11) is 0. The summed E-state index contributed by atoms with van der Waals surface area (Å²) in [6, 6.07) is 0. The fourth-order valence-electron chi connectivity index (χ4n) is 1.39. The molecule has 1 N–H and O–H groups in total. The molecule has 2 aromatic heterocycles. The average molecular weight is 261 g/mol. The highest BCUT2D eigenvalue weighted by Gasteiger charge is 2.10. The minimum Gasteiger partial charge on any atom is -0.334 e. The Labute approximate surface area is 88.7 Å². The van der Waals surface area contributed by atoms with Gasteiger partial charge in [-0.15, -0.1) is 0 Å². The van der Waals surface area contributed by atoms with Gasteiger partial charge in [0.15, 0.2) is 0 Å². The number of hydrogen-bond acceptors (Lipinski definition) is 2. The summed E-state index contributed by atoms with van der Waals surface area (Å²) in [5.74, 6) is 0. The Morgan fingerprint density at radius 3 is 2.69 bits per heavy atom. The normalized spacial score (nSPS) is 11.1. The molecule has 2 rings (SSSR count). The van der Waals surface area contributed by atoms with Crippen LogP contribution in [0, 0.1) is 13.8 Å². The Hall–Kier alpha value is -0.610. The monoisotopic (exact) mass is 259 g/mol. The van der Waals surface area contributed by atoms with Crippen LogP contribution in [-0.2, 0) is 0 Å². The van der Waals surface area contributed by atoms with Crippen molar-refractivity contribution in [1.82, 2.24) is 15.0 Å². The zero-order chi connectivity index (χ0) is 9.59. The van der Waals surface area contributed by atoms with Gasteiger partial charge in [-0.2, -0.15) is 4.98 Å². The van der Waals surface area contributed by atoms with E-state index in [1.165, 1.54) is 0 Å². The number of fused-ring (bicyclic) bond motifs is 1. The van der Waals surface area contributed by atoms with E-state index in [0.29, 0.717) is 0 Å². The number of hydrogen-bond donors (Lipinski definition) is 1. The molecule has 13 heavy (non-hydrogen) atoms. The largest absolute Gasteiger partial charge is 0.334 e. The van der Waals surface area contributed by atoms with Gasteiger partial charge < -0.3 is 4.98 Å². The van der Waals surface area contributed by atoms with E-state index in [1.54, 1.807) is 0 Å². The first-order valence-corrected chi connectivity index (χ1v) is 4.94. The van der Waals surface area contributed by atoms with Crippen molar-refractivity contribution in [1.29, 1.82) is 0 Å². The van der Waals surface area contributed by atoms with Gasteiger partial charge in [-0.25, -0.2) is 4.98 Å². The molecule has 2 heterocycles. The maximum atomic E-state index is 5.73. The van der Waals surface area contributed by atoms with Gasteiger partial charge in [0.1, 0.15) is 5.65 Å². The maximum Gasteiger partial charge on any atom is 0.224 e. The second kappa shape index (κ2) is 2.96. The van der Waals surface area contributed by atoms with Gasteiger partial charge >= 0.3 is 0 Å². The molecule has 5 heteroatoms. The van der Waals surface area contributed by atoms with Crippen LogP contribution in [-0.4, -0.2) is 15.0 Å². The molecule has 0 aliphatic rings. The van der Waals surface area contributed by atoms with Gasteiger partial charge in [-0.3, -0.25) is 0 Å². The van der Waals surface area contributed by atoms with E-state index in [-0.39, 0.29) is 5.28 Å². The van der Waals surface area contributed by atoms with Crippen LogP contribution in [0.1, 0.15) is 11.3 Å². The standard InChI is InChI=1S/C8H7BrClN3/c1-3-5-4(2)11-8(10)13-7(5)12-6(3)9/h1-2H3,(H,11,12,13). The van der Waals surface area contributed by atoms with Crippen LogP contribution < -0.4 is 0 Å². The molecular formula is C8H7BrClN3. The molecule has 0 aliphatic carbocycles. The number of rotatable bonds is 0. The van der Waals surface area contributed by atoms with E-state index in [0.717, 1.165) is 26.9 Å². The quantitative estimate of drug-likeness (QED) is 0.740. The van der Waals surface area contributed by atoms with Crippen molar-refractivity contribution in [2.75, 3.05) is 0 Å². The van der Waals surface area contributed by atoms with Crippen LogP contribution in [0.25, 0.3) is 11.0 Å². The highest BCUT2D eigenvalue weighted by atomic mass is 79.9. The van der Waals surface area contributed by atoms with E-state index in [9.17, 15) is 0 Å². The molecule has 0 unspecified atom stereocenters. The Kier molecular flexibility index (Phi) is 2.04. The average Bonchev–Trinajstić information content (AvgIpc) is 2.27. The number of H-pyrrole nitrogens is 1. The fourth-order valence-corrected chi connectivity index (χ4v) is 1.98. The summed E-state index contributed by atoms with van der Waals surface area (Å²) in [5, 5.41) is 1.31. The lowest BCUT2D eigenvalue weighted by molar-refractivity contribution is 1.14. The molecule has 2 aromatic rings. The second-order valence-electron chi connectivity index (χ2n) is 2.87. The van der Waals surface area contributed by atoms with Crippen molar-refractivity contribution in [2.24, 2.45) is 0 Å². The SMILES string of the molecule is Cc1nc(Cl)nc2[nH]c(Br)c(C)c12. The molecule has 0 fully saturated rings. The first-order valence-electron chi connectivity index (χ1n) is 3.77. The van der Waals surface area contributed by atoms with Crippen molar-refractivity contribution in [3.05, 3.63) is 21.1 Å². The zero-order valence-corrected chi connectivity index (χ0v) is 9.49. The Balaban J connectivity index is 2.94. The van der Waals surface area contributed by atoms with Crippen molar-refractivity contribution < 1.29 is 0 Å². The van der Waals surface area contributed by atoms with E-state index in [4.69, 9.17) is 11.6 Å². The molecule has 0 atom stereocenters. The first-order chi connectivity index (χ1) is 6.09. The third-order valence-electron chi connectivity index (χ3n) is 2.00. The number of aryl methyl sites for hydroxylation is 2. The van der Waals surface area contributed by atoms with Gasteiger partial charge in [0.05, 0.1) is 10.3 Å². The number of nitrogens with one attached hydrogen (secondary N) is 1. The lowest BCUT2D eigenvalue weighted by atomic mass is 10.2. The van der Waals surface area contributed by atoms with E-state index < -0.39 is 0 Å². The van der Waals surface area contributed by atoms with Crippen LogP contribution in [0.5, 0.6) is 0 Å². The van der Waals surface area contributed by atoms with E-state index in [2.05, 4.69) is 30.9 Å². The summed E-state index contributed by atoms with van der Waals surface area (Å²) in [5.41, 5.74) is 2.79. The molecule has 3 nitrogen and oxygen atoms in total. The summed E-state index contributed by atoms with van der Waals surface area (Å²) in [6.45, 7) is 3.93. The van der Waals surface area contributed by atoms with Crippen LogP contribution in [0.3, 0.4) is 0 Å². The van der Waals surface area contributed by atoms with Crippen molar-refractivity contribution in [3.8, 4) is 0 Å². The van der Waals surface area contributed by atoms with Gasteiger partial charge in [-0.05, 0) is 46.9 Å². The fraction of sp³-hybridized carbons (Fsp3) is 0.250. The van der Waals surface area contributed by atoms with Gasteiger partial charge in [0.2, 0.25) is 5.28 Å². The molecular weight excluding hydrogens is 253 g/mol. The molecule has 0 bridgehead atoms. The third kappa shape index (κ3) is 1.34. The van der Waals surface area contributed by atoms with Crippen molar-refractivity contribution >= 4 is 38.6 Å². The maximum absolute atomic E-state index is 5.73. The minimum atomic E-state index is 0.277. The lowest BCUT2D eigenvalue weighted by Gasteiger charge is -1.96. The second-order valence-corrected chi connectivity index (χ2v) is 4.00. The molecule has 0 amide bonds. The lowest BCUT2D eigenvalue weighted by Crippen LogP contribution is -1.88. The number of aromatic nitrogens is 3. The topological polar surface area (TPSA) is 41.6 Å². The molecule has 0 saturated heterocycles. The Morgan fingerprint density at radius 1 is 1.31 bits per heavy atom. The van der Waals surface area contributed by atoms with Crippen molar-refractivity contribution in [2.45, 2.75) is 13.8 Å². The number of halogens is 2. The summed E-state index contributed by atoms with van der Waals surface area (Å²) >= 11 is 9.13. The Bertz CT molecular complexity index is 478. The van der Waals surface area contributed by atoms with Gasteiger partial charge in [0.25, 0.3) is 0 Å². The molecule has 0 aromatic carbocycles. The highest BCUT2D eigenvalue weighted by Crippen LogP contribution is 2.26. The molecule has 0 saturated carbocycles. The van der Waals surface area contributed by atoms with Gasteiger partial charge in [-0.1, -0.05) is 0 Å².